The Morgan fingerprint density at radius 1 is 1.42 bits per heavy atom. The van der Waals surface area contributed by atoms with Crippen LogP contribution in [0.4, 0.5) is 11.8 Å². The summed E-state index contributed by atoms with van der Waals surface area (Å²) in [5, 5.41) is 3.24. The lowest BCUT2D eigenvalue weighted by Gasteiger charge is -2.10. The minimum absolute atomic E-state index is 0. The SMILES string of the molecule is CCCCNc1nc(N)nc(-c2ccco2)c1Br.Cl. The second-order valence-electron chi connectivity index (χ2n) is 3.85. The van der Waals surface area contributed by atoms with E-state index in [1.54, 1.807) is 6.26 Å². The monoisotopic (exact) mass is 346 g/mol. The molecule has 0 aromatic carbocycles. The van der Waals surface area contributed by atoms with Crippen LogP contribution < -0.4 is 11.1 Å². The van der Waals surface area contributed by atoms with Crippen LogP contribution in [-0.2, 0) is 0 Å². The quantitative estimate of drug-likeness (QED) is 0.806. The maximum Gasteiger partial charge on any atom is 0.222 e. The topological polar surface area (TPSA) is 77.0 Å². The second-order valence-corrected chi connectivity index (χ2v) is 4.64. The molecule has 0 unspecified atom stereocenters. The van der Waals surface area contributed by atoms with Gasteiger partial charge in [0.25, 0.3) is 0 Å². The summed E-state index contributed by atoms with van der Waals surface area (Å²) in [6.07, 6.45) is 3.80. The maximum atomic E-state index is 5.71. The van der Waals surface area contributed by atoms with E-state index in [1.807, 2.05) is 12.1 Å². The van der Waals surface area contributed by atoms with Gasteiger partial charge in [-0.1, -0.05) is 13.3 Å². The Morgan fingerprint density at radius 2 is 2.21 bits per heavy atom. The van der Waals surface area contributed by atoms with E-state index in [-0.39, 0.29) is 18.4 Å². The molecule has 0 saturated carbocycles. The summed E-state index contributed by atoms with van der Waals surface area (Å²) in [4.78, 5) is 8.37. The summed E-state index contributed by atoms with van der Waals surface area (Å²) in [6.45, 7) is 2.99. The molecule has 5 nitrogen and oxygen atoms in total. The average Bonchev–Trinajstić information content (AvgIpc) is 2.87. The molecule has 2 aromatic rings. The summed E-state index contributed by atoms with van der Waals surface area (Å²) >= 11 is 3.49. The summed E-state index contributed by atoms with van der Waals surface area (Å²) < 4.78 is 6.10. The van der Waals surface area contributed by atoms with E-state index in [2.05, 4.69) is 38.1 Å². The lowest BCUT2D eigenvalue weighted by Crippen LogP contribution is -2.07. The van der Waals surface area contributed by atoms with Crippen molar-refractivity contribution in [1.29, 1.82) is 0 Å². The van der Waals surface area contributed by atoms with Crippen molar-refractivity contribution >= 4 is 40.1 Å². The predicted molar refractivity (Wildman–Crippen MR) is 82.5 cm³/mol. The van der Waals surface area contributed by atoms with Crippen LogP contribution in [0.1, 0.15) is 19.8 Å². The summed E-state index contributed by atoms with van der Waals surface area (Å²) in [7, 11) is 0. The molecule has 7 heteroatoms. The Kier molecular flexibility index (Phi) is 6.11. The van der Waals surface area contributed by atoms with Crippen LogP contribution in [0.15, 0.2) is 27.3 Å². The van der Waals surface area contributed by atoms with Crippen LogP contribution in [0.2, 0.25) is 0 Å². The minimum Gasteiger partial charge on any atom is -0.463 e. The molecule has 0 spiro atoms. The molecule has 0 bridgehead atoms. The summed E-state index contributed by atoms with van der Waals surface area (Å²) in [5.41, 5.74) is 6.37. The van der Waals surface area contributed by atoms with E-state index >= 15 is 0 Å². The first kappa shape index (κ1) is 15.8. The van der Waals surface area contributed by atoms with E-state index in [0.717, 1.165) is 23.9 Å². The van der Waals surface area contributed by atoms with Gasteiger partial charge in [0.15, 0.2) is 5.76 Å². The van der Waals surface area contributed by atoms with Gasteiger partial charge in [-0.25, -0.2) is 4.98 Å². The molecule has 19 heavy (non-hydrogen) atoms. The van der Waals surface area contributed by atoms with Crippen molar-refractivity contribution in [3.05, 3.63) is 22.9 Å². The molecule has 0 fully saturated rings. The number of rotatable bonds is 5. The molecule has 0 aliphatic heterocycles. The largest absolute Gasteiger partial charge is 0.463 e. The van der Waals surface area contributed by atoms with Crippen LogP contribution in [0.5, 0.6) is 0 Å². The van der Waals surface area contributed by atoms with Crippen molar-refractivity contribution in [2.45, 2.75) is 19.8 Å². The van der Waals surface area contributed by atoms with Crippen LogP contribution in [0.25, 0.3) is 11.5 Å². The van der Waals surface area contributed by atoms with Crippen LogP contribution >= 0.6 is 28.3 Å². The van der Waals surface area contributed by atoms with Gasteiger partial charge >= 0.3 is 0 Å². The normalized spacial score (nSPS) is 10.0. The first-order chi connectivity index (χ1) is 8.72. The Labute approximate surface area is 126 Å². The van der Waals surface area contributed by atoms with Gasteiger partial charge in [0.1, 0.15) is 11.5 Å². The number of furan rings is 1. The predicted octanol–water partition coefficient (Wildman–Crippen LogP) is 3.72. The molecule has 0 amide bonds. The minimum atomic E-state index is 0. The number of nitrogens with zero attached hydrogens (tertiary/aromatic N) is 2. The first-order valence-corrected chi connectivity index (χ1v) is 6.62. The van der Waals surface area contributed by atoms with Gasteiger partial charge in [-0.3, -0.25) is 0 Å². The molecule has 0 aliphatic carbocycles. The summed E-state index contributed by atoms with van der Waals surface area (Å²) in [6, 6.07) is 3.65. The number of hydrogen-bond acceptors (Lipinski definition) is 5. The van der Waals surface area contributed by atoms with E-state index in [1.165, 1.54) is 0 Å². The zero-order valence-corrected chi connectivity index (χ0v) is 12.9. The van der Waals surface area contributed by atoms with E-state index in [0.29, 0.717) is 17.3 Å². The van der Waals surface area contributed by atoms with Crippen molar-refractivity contribution < 1.29 is 4.42 Å². The molecule has 2 heterocycles. The van der Waals surface area contributed by atoms with E-state index < -0.39 is 0 Å². The molecule has 2 aromatic heterocycles. The van der Waals surface area contributed by atoms with E-state index in [4.69, 9.17) is 10.2 Å². The van der Waals surface area contributed by atoms with Gasteiger partial charge in [-0.2, -0.15) is 4.98 Å². The average molecular weight is 348 g/mol. The third-order valence-electron chi connectivity index (χ3n) is 2.45. The third-order valence-corrected chi connectivity index (χ3v) is 3.20. The number of unbranched alkanes of at least 4 members (excludes halogenated alkanes) is 1. The zero-order valence-electron chi connectivity index (χ0n) is 10.5. The molecule has 0 aliphatic rings. The highest BCUT2D eigenvalue weighted by molar-refractivity contribution is 9.10. The smallest absolute Gasteiger partial charge is 0.222 e. The number of halogens is 2. The Balaban J connectivity index is 0.00000180. The first-order valence-electron chi connectivity index (χ1n) is 5.83. The highest BCUT2D eigenvalue weighted by Gasteiger charge is 2.14. The highest BCUT2D eigenvalue weighted by Crippen LogP contribution is 2.32. The van der Waals surface area contributed by atoms with Crippen molar-refractivity contribution in [2.24, 2.45) is 0 Å². The standard InChI is InChI=1S/C12H15BrN4O.ClH/c1-2-3-6-15-11-9(13)10(16-12(14)17-11)8-5-4-7-18-8;/h4-5,7H,2-3,6H2,1H3,(H3,14,15,16,17);1H. The van der Waals surface area contributed by atoms with Crippen molar-refractivity contribution in [3.8, 4) is 11.5 Å². The number of nitrogens with two attached hydrogens (primary N) is 1. The molecule has 0 saturated heterocycles. The van der Waals surface area contributed by atoms with Crippen molar-refractivity contribution in [3.63, 3.8) is 0 Å². The van der Waals surface area contributed by atoms with Crippen LogP contribution in [-0.4, -0.2) is 16.5 Å². The number of hydrogen-bond donors (Lipinski definition) is 2. The van der Waals surface area contributed by atoms with Gasteiger partial charge in [-0.15, -0.1) is 12.4 Å². The fourth-order valence-electron chi connectivity index (χ4n) is 1.54. The van der Waals surface area contributed by atoms with Gasteiger partial charge in [-0.05, 0) is 34.5 Å². The fraction of sp³-hybridized carbons (Fsp3) is 0.333. The van der Waals surface area contributed by atoms with Crippen LogP contribution in [0.3, 0.4) is 0 Å². The summed E-state index contributed by atoms with van der Waals surface area (Å²) in [5.74, 6) is 1.58. The molecule has 0 atom stereocenters. The highest BCUT2D eigenvalue weighted by atomic mass is 79.9. The number of nitrogens with one attached hydrogen (secondary N) is 1. The van der Waals surface area contributed by atoms with Gasteiger partial charge in [0, 0.05) is 6.54 Å². The lowest BCUT2D eigenvalue weighted by molar-refractivity contribution is 0.579. The third kappa shape index (κ3) is 3.84. The van der Waals surface area contributed by atoms with E-state index in [9.17, 15) is 0 Å². The molecule has 3 N–H and O–H groups in total. The van der Waals surface area contributed by atoms with Gasteiger partial charge in [0.2, 0.25) is 5.95 Å². The lowest BCUT2D eigenvalue weighted by atomic mass is 10.3. The second kappa shape index (κ2) is 7.35. The maximum absolute atomic E-state index is 5.71. The molecular weight excluding hydrogens is 332 g/mol. The Morgan fingerprint density at radius 3 is 2.84 bits per heavy atom. The van der Waals surface area contributed by atoms with Crippen molar-refractivity contribution in [2.75, 3.05) is 17.6 Å². The molecule has 2 rings (SSSR count). The molecule has 0 radical (unpaired) electrons. The van der Waals surface area contributed by atoms with Crippen molar-refractivity contribution in [1.82, 2.24) is 9.97 Å². The van der Waals surface area contributed by atoms with Gasteiger partial charge in [0.05, 0.1) is 10.7 Å². The fourth-order valence-corrected chi connectivity index (χ4v) is 2.05. The molecule has 104 valence electrons. The zero-order chi connectivity index (χ0) is 13.0. The van der Waals surface area contributed by atoms with Crippen LogP contribution in [0, 0.1) is 0 Å². The number of aromatic nitrogens is 2. The van der Waals surface area contributed by atoms with Gasteiger partial charge < -0.3 is 15.5 Å². The Hall–Kier alpha value is -1.27. The number of anilines is 2. The number of nitrogen functional groups attached to an aromatic ring is 1. The Bertz CT molecular complexity index is 519. The molecular formula is C12H16BrClN4O.